The monoisotopic (exact) mass is 543 g/mol. The smallest absolute Gasteiger partial charge is 0.338 e. The van der Waals surface area contributed by atoms with Gasteiger partial charge >= 0.3 is 5.97 Å². The Kier molecular flexibility index (Phi) is 9.18. The summed E-state index contributed by atoms with van der Waals surface area (Å²) in [4.78, 5) is 55.2. The van der Waals surface area contributed by atoms with Gasteiger partial charge in [-0.1, -0.05) is 0 Å². The maximum Gasteiger partial charge on any atom is 0.338 e. The molecule has 3 unspecified atom stereocenters. The first kappa shape index (κ1) is 29.9. The van der Waals surface area contributed by atoms with E-state index < -0.39 is 35.5 Å². The summed E-state index contributed by atoms with van der Waals surface area (Å²) in [6.07, 6.45) is 0.644. The van der Waals surface area contributed by atoms with Crippen molar-refractivity contribution in [3.05, 3.63) is 51.5 Å². The minimum atomic E-state index is -0.972. The normalized spacial score (nSPS) is 22.5. The second-order valence-electron chi connectivity index (χ2n) is 10.3. The number of amides is 1. The minimum absolute atomic E-state index is 0.0310. The number of nitrogens with zero attached hydrogens (tertiary/aromatic N) is 2. The molecule has 1 aromatic rings. The van der Waals surface area contributed by atoms with E-state index in [2.05, 4.69) is 0 Å². The summed E-state index contributed by atoms with van der Waals surface area (Å²) in [5.74, 6) is -3.41. The maximum absolute atomic E-state index is 14.2. The van der Waals surface area contributed by atoms with E-state index in [0.717, 1.165) is 5.69 Å². The molecule has 0 bridgehead atoms. The number of carbonyl (C=O) groups excluding carboxylic acids is 4. The zero-order valence-corrected chi connectivity index (χ0v) is 23.5. The highest BCUT2D eigenvalue weighted by Gasteiger charge is 2.44. The summed E-state index contributed by atoms with van der Waals surface area (Å²) in [7, 11) is 9.89. The fraction of sp³-hybridized carbons (Fsp3) is 0.500. The van der Waals surface area contributed by atoms with Crippen molar-refractivity contribution in [3.8, 4) is 0 Å². The van der Waals surface area contributed by atoms with Crippen molar-refractivity contribution >= 4 is 29.1 Å². The number of benzene rings is 1. The largest absolute Gasteiger partial charge is 0.510 e. The number of anilines is 1. The third kappa shape index (κ3) is 5.69. The molecule has 11 nitrogen and oxygen atoms in total. The number of aliphatic hydroxyl groups excluding tert-OH is 1. The molecule has 2 aliphatic rings. The van der Waals surface area contributed by atoms with Crippen LogP contribution in [0.15, 0.2) is 34.8 Å². The molecular formula is C28H37N3O8. The first-order valence-corrected chi connectivity index (χ1v) is 12.6. The molecule has 0 saturated carbocycles. The zero-order valence-electron chi connectivity index (χ0n) is 23.5. The van der Waals surface area contributed by atoms with Gasteiger partial charge < -0.3 is 30.0 Å². The molecule has 3 rings (SSSR count). The molecular weight excluding hydrogens is 506 g/mol. The summed E-state index contributed by atoms with van der Waals surface area (Å²) in [6.45, 7) is 1.58. The van der Waals surface area contributed by atoms with Crippen LogP contribution < -0.4 is 10.6 Å². The predicted molar refractivity (Wildman–Crippen MR) is 143 cm³/mol. The van der Waals surface area contributed by atoms with E-state index >= 15 is 0 Å². The van der Waals surface area contributed by atoms with E-state index in [4.69, 9.17) is 19.9 Å². The van der Waals surface area contributed by atoms with Gasteiger partial charge in [-0.3, -0.25) is 19.3 Å². The Morgan fingerprint density at radius 1 is 1.10 bits per heavy atom. The number of nitrogens with two attached hydrogens (primary N) is 1. The van der Waals surface area contributed by atoms with E-state index in [-0.39, 0.29) is 41.5 Å². The number of esters is 1. The summed E-state index contributed by atoms with van der Waals surface area (Å²) in [5, 5.41) is 10.9. The topological polar surface area (TPSA) is 149 Å². The fourth-order valence-electron chi connectivity index (χ4n) is 5.82. The van der Waals surface area contributed by atoms with Gasteiger partial charge in [0.25, 0.3) is 5.91 Å². The Bertz CT molecular complexity index is 1250. The van der Waals surface area contributed by atoms with Gasteiger partial charge in [0, 0.05) is 44.4 Å². The molecule has 11 heteroatoms. The molecule has 0 fully saturated rings. The molecule has 212 valence electrons. The molecule has 2 aliphatic carbocycles. The summed E-state index contributed by atoms with van der Waals surface area (Å²) in [5.41, 5.74) is 7.23. The molecule has 0 aliphatic heterocycles. The number of fused-ring (bicyclic) bond motifs is 1. The summed E-state index contributed by atoms with van der Waals surface area (Å²) >= 11 is 0. The van der Waals surface area contributed by atoms with Crippen molar-refractivity contribution in [3.63, 3.8) is 0 Å². The van der Waals surface area contributed by atoms with Crippen molar-refractivity contribution in [1.29, 1.82) is 0 Å². The van der Waals surface area contributed by atoms with Crippen molar-refractivity contribution < 1.29 is 38.5 Å². The van der Waals surface area contributed by atoms with E-state index in [1.165, 1.54) is 14.2 Å². The summed E-state index contributed by atoms with van der Waals surface area (Å²) < 4.78 is 15.7. The number of hydrogen-bond acceptors (Lipinski definition) is 10. The lowest BCUT2D eigenvalue weighted by Gasteiger charge is -2.39. The molecule has 0 aromatic heterocycles. The number of ketones is 2. The standard InChI is InChI=1S/C28H37N3O8/c1-14(39-13-37-6)21-15(10-16-12-20(32)23(27(29)35)26(34)24(16)31(4)5)11-18-19(30(2)3)9-8-17(28(36)38-7)22(18)25(21)33/h8-9,15-16,24,34H,10-13H2,1-7H3,(H2,29,35)/b21-14-. The highest BCUT2D eigenvalue weighted by atomic mass is 16.7. The number of rotatable bonds is 9. The number of methoxy groups -OCH3 is 2. The van der Waals surface area contributed by atoms with Gasteiger partial charge in [-0.15, -0.1) is 0 Å². The van der Waals surface area contributed by atoms with Crippen molar-refractivity contribution in [2.45, 2.75) is 32.2 Å². The molecule has 0 radical (unpaired) electrons. The SMILES string of the molecule is COCO/C(C)=C1\C(=O)c2c(C(=O)OC)ccc(N(C)C)c2CC1CC1CC(=O)C(C(N)=O)=C(O)C1N(C)C. The highest BCUT2D eigenvalue weighted by Crippen LogP contribution is 2.43. The lowest BCUT2D eigenvalue weighted by atomic mass is 9.69. The molecule has 1 amide bonds. The number of Topliss-reactive ketones (excluding diaryl/α,β-unsaturated/α-hetero) is 2. The van der Waals surface area contributed by atoms with Gasteiger partial charge in [0.2, 0.25) is 0 Å². The third-order valence-electron chi connectivity index (χ3n) is 7.38. The van der Waals surface area contributed by atoms with Crippen LogP contribution in [0.25, 0.3) is 0 Å². The lowest BCUT2D eigenvalue weighted by molar-refractivity contribution is -0.123. The number of primary amides is 1. The Morgan fingerprint density at radius 3 is 2.31 bits per heavy atom. The van der Waals surface area contributed by atoms with Crippen LogP contribution in [-0.4, -0.2) is 88.7 Å². The average molecular weight is 544 g/mol. The van der Waals surface area contributed by atoms with Gasteiger partial charge in [-0.2, -0.15) is 0 Å². The minimum Gasteiger partial charge on any atom is -0.510 e. The second-order valence-corrected chi connectivity index (χ2v) is 10.3. The van der Waals surface area contributed by atoms with Crippen LogP contribution in [0.3, 0.4) is 0 Å². The Hall–Kier alpha value is -3.70. The number of likely N-dealkylation sites (N-methyl/N-ethyl adjacent to an activating group) is 1. The average Bonchev–Trinajstić information content (AvgIpc) is 2.85. The molecule has 3 atom stereocenters. The van der Waals surface area contributed by atoms with Gasteiger partial charge in [0.1, 0.15) is 17.1 Å². The van der Waals surface area contributed by atoms with Crippen LogP contribution in [0.4, 0.5) is 5.69 Å². The van der Waals surface area contributed by atoms with E-state index in [1.807, 2.05) is 19.0 Å². The van der Waals surface area contributed by atoms with Gasteiger partial charge in [0.05, 0.1) is 18.7 Å². The van der Waals surface area contributed by atoms with Gasteiger partial charge in [-0.05, 0) is 63.4 Å². The van der Waals surface area contributed by atoms with Crippen LogP contribution in [0.1, 0.15) is 46.0 Å². The molecule has 1 aromatic carbocycles. The molecule has 39 heavy (non-hydrogen) atoms. The highest BCUT2D eigenvalue weighted by molar-refractivity contribution is 6.20. The van der Waals surface area contributed by atoms with Crippen LogP contribution in [-0.2, 0) is 30.2 Å². The number of aliphatic hydroxyl groups is 1. The quantitative estimate of drug-likeness (QED) is 0.156. The van der Waals surface area contributed by atoms with E-state index in [1.54, 1.807) is 38.1 Å². The fourth-order valence-corrected chi connectivity index (χ4v) is 5.82. The van der Waals surface area contributed by atoms with Crippen LogP contribution in [0, 0.1) is 11.8 Å². The van der Waals surface area contributed by atoms with Crippen LogP contribution in [0.2, 0.25) is 0 Å². The summed E-state index contributed by atoms with van der Waals surface area (Å²) in [6, 6.07) is 2.69. The van der Waals surface area contributed by atoms with Gasteiger partial charge in [-0.25, -0.2) is 4.79 Å². The van der Waals surface area contributed by atoms with Gasteiger partial charge in [0.15, 0.2) is 18.4 Å². The first-order valence-electron chi connectivity index (χ1n) is 12.6. The molecule has 0 spiro atoms. The van der Waals surface area contributed by atoms with Crippen molar-refractivity contribution in [1.82, 2.24) is 4.90 Å². The molecule has 0 heterocycles. The first-order chi connectivity index (χ1) is 18.3. The third-order valence-corrected chi connectivity index (χ3v) is 7.38. The number of carbonyl (C=O) groups is 4. The lowest BCUT2D eigenvalue weighted by Crippen LogP contribution is -2.45. The molecule has 3 N–H and O–H groups in total. The van der Waals surface area contributed by atoms with E-state index in [0.29, 0.717) is 29.7 Å². The Labute approximate surface area is 228 Å². The van der Waals surface area contributed by atoms with E-state index in [9.17, 15) is 24.3 Å². The maximum atomic E-state index is 14.2. The Morgan fingerprint density at radius 2 is 1.77 bits per heavy atom. The Balaban J connectivity index is 2.20. The van der Waals surface area contributed by atoms with Crippen molar-refractivity contribution in [2.75, 3.05) is 54.1 Å². The predicted octanol–water partition coefficient (Wildman–Crippen LogP) is 2.00. The number of allylic oxidation sites excluding steroid dienone is 2. The van der Waals surface area contributed by atoms with Crippen molar-refractivity contribution in [2.24, 2.45) is 17.6 Å². The number of ether oxygens (including phenoxy) is 3. The second kappa shape index (κ2) is 12.0. The zero-order chi connectivity index (χ0) is 29.2. The van der Waals surface area contributed by atoms with Crippen LogP contribution in [0.5, 0.6) is 0 Å². The van der Waals surface area contributed by atoms with Crippen LogP contribution >= 0.6 is 0 Å². The number of hydrogen-bond donors (Lipinski definition) is 2. The molecule has 0 saturated heterocycles.